The molecule has 0 bridgehead atoms. The molecule has 1 aromatic heterocycles. The van der Waals surface area contributed by atoms with Crippen LogP contribution in [0.15, 0.2) is 106 Å². The van der Waals surface area contributed by atoms with Crippen LogP contribution in [0.4, 0.5) is 0 Å². The summed E-state index contributed by atoms with van der Waals surface area (Å²) in [5.74, 6) is -1.95. The van der Waals surface area contributed by atoms with E-state index >= 15 is 0 Å². The number of aromatic nitrogens is 1. The number of rotatable bonds is 14. The number of fused-ring (bicyclic) bond motifs is 1. The smallest absolute Gasteiger partial charge is 0.345 e. The molecule has 0 radical (unpaired) electrons. The van der Waals surface area contributed by atoms with Crippen LogP contribution < -0.4 is 26.2 Å². The Balaban J connectivity index is 0.938. The van der Waals surface area contributed by atoms with Crippen molar-refractivity contribution in [3.05, 3.63) is 140 Å². The van der Waals surface area contributed by atoms with Gasteiger partial charge in [0.1, 0.15) is 11.5 Å². The molecule has 1 heterocycles. The predicted octanol–water partition coefficient (Wildman–Crippen LogP) is 3.60. The normalized spacial score (nSPS) is 16.9. The van der Waals surface area contributed by atoms with Crippen molar-refractivity contribution in [2.45, 2.75) is 43.2 Å². The average Bonchev–Trinajstić information content (AvgIpc) is 3.13. The van der Waals surface area contributed by atoms with Crippen molar-refractivity contribution >= 4 is 44.6 Å². The molecule has 274 valence electrons. The van der Waals surface area contributed by atoms with Crippen LogP contribution in [0.25, 0.3) is 10.9 Å². The number of ether oxygens (including phenoxy) is 1. The van der Waals surface area contributed by atoms with Crippen LogP contribution in [-0.2, 0) is 21.7 Å². The van der Waals surface area contributed by atoms with Gasteiger partial charge in [0.05, 0.1) is 17.2 Å². The minimum atomic E-state index is -2.30. The minimum absolute atomic E-state index is 0.0816. The van der Waals surface area contributed by atoms with E-state index in [0.717, 1.165) is 5.56 Å². The number of pyridine rings is 1. The molecule has 13 nitrogen and oxygen atoms in total. The zero-order valence-corrected chi connectivity index (χ0v) is 29.8. The molecule has 2 atom stereocenters. The second-order valence-corrected chi connectivity index (χ2v) is 13.7. The van der Waals surface area contributed by atoms with Crippen LogP contribution in [-0.4, -0.2) is 68.4 Å². The summed E-state index contributed by atoms with van der Waals surface area (Å²) in [5.41, 5.74) is -0.252. The Labute approximate surface area is 311 Å². The molecule has 4 aromatic carbocycles. The van der Waals surface area contributed by atoms with E-state index in [0.29, 0.717) is 40.4 Å². The number of aromatic hydroxyl groups is 1. The number of aliphatic hydroxyl groups is 2. The van der Waals surface area contributed by atoms with E-state index in [1.165, 1.54) is 36.4 Å². The number of halogens is 1. The molecular formula is C39H37BrN4O9. The molecule has 0 aliphatic heterocycles. The van der Waals surface area contributed by atoms with Gasteiger partial charge in [0.2, 0.25) is 11.2 Å². The van der Waals surface area contributed by atoms with Gasteiger partial charge in [0, 0.05) is 46.7 Å². The van der Waals surface area contributed by atoms with E-state index in [9.17, 15) is 39.6 Å². The lowest BCUT2D eigenvalue weighted by atomic mass is 9.86. The van der Waals surface area contributed by atoms with Gasteiger partial charge in [-0.2, -0.15) is 0 Å². The minimum Gasteiger partial charge on any atom is -0.506 e. The fraction of sp³-hybridized carbons (Fsp3) is 0.231. The summed E-state index contributed by atoms with van der Waals surface area (Å²) in [6, 6.07) is 25.0. The lowest BCUT2D eigenvalue weighted by Gasteiger charge is -2.36. The SMILES string of the molecule is O=C(COc1cccc([C@](O)(C(=O)O)c2ccccc2)c1)NC1CC(NC(=O)c2ccc(CNC[C@H](O)c3ccc(O)c4[nH]c(=O)ccc34)cc2Br)C1. The lowest BCUT2D eigenvalue weighted by Crippen LogP contribution is -2.54. The molecule has 53 heavy (non-hydrogen) atoms. The fourth-order valence-electron chi connectivity index (χ4n) is 6.30. The molecule has 0 spiro atoms. The first-order chi connectivity index (χ1) is 25.4. The lowest BCUT2D eigenvalue weighted by molar-refractivity contribution is -0.155. The van der Waals surface area contributed by atoms with Crippen molar-refractivity contribution in [3.63, 3.8) is 0 Å². The van der Waals surface area contributed by atoms with Crippen LogP contribution in [0.3, 0.4) is 0 Å². The van der Waals surface area contributed by atoms with Crippen LogP contribution in [0.5, 0.6) is 11.5 Å². The highest BCUT2D eigenvalue weighted by molar-refractivity contribution is 9.10. The number of aromatic amines is 1. The maximum atomic E-state index is 13.0. The molecule has 8 N–H and O–H groups in total. The molecule has 2 amide bonds. The van der Waals surface area contributed by atoms with E-state index in [-0.39, 0.29) is 70.8 Å². The van der Waals surface area contributed by atoms with E-state index in [1.807, 2.05) is 12.1 Å². The summed E-state index contributed by atoms with van der Waals surface area (Å²) in [6.45, 7) is 0.280. The summed E-state index contributed by atoms with van der Waals surface area (Å²) in [6.07, 6.45) is 0.153. The highest BCUT2D eigenvalue weighted by Gasteiger charge is 2.40. The van der Waals surface area contributed by atoms with Crippen LogP contribution in [0, 0.1) is 0 Å². The molecule has 0 saturated heterocycles. The van der Waals surface area contributed by atoms with E-state index in [2.05, 4.69) is 36.9 Å². The van der Waals surface area contributed by atoms with Crippen molar-refractivity contribution in [1.29, 1.82) is 0 Å². The molecule has 6 rings (SSSR count). The van der Waals surface area contributed by atoms with Gasteiger partial charge in [-0.3, -0.25) is 14.4 Å². The molecule has 1 fully saturated rings. The van der Waals surface area contributed by atoms with Crippen molar-refractivity contribution in [2.75, 3.05) is 13.2 Å². The number of carbonyl (C=O) groups excluding carboxylic acids is 2. The Hall–Kier alpha value is -5.54. The second-order valence-electron chi connectivity index (χ2n) is 12.9. The Morgan fingerprint density at radius 2 is 1.64 bits per heavy atom. The number of hydrogen-bond acceptors (Lipinski definition) is 9. The number of aliphatic hydroxyl groups excluding tert-OH is 1. The molecule has 14 heteroatoms. The number of phenols is 1. The molecule has 0 unspecified atom stereocenters. The molecule has 5 aromatic rings. The van der Waals surface area contributed by atoms with Gasteiger partial charge in [-0.1, -0.05) is 54.6 Å². The summed E-state index contributed by atoms with van der Waals surface area (Å²) in [4.78, 5) is 52.0. The number of hydrogen-bond donors (Lipinski definition) is 8. The predicted molar refractivity (Wildman–Crippen MR) is 198 cm³/mol. The van der Waals surface area contributed by atoms with Gasteiger partial charge in [-0.05, 0) is 81.9 Å². The number of carboxylic acid groups (broad SMARTS) is 1. The van der Waals surface area contributed by atoms with Gasteiger partial charge >= 0.3 is 5.97 Å². The zero-order chi connectivity index (χ0) is 37.7. The summed E-state index contributed by atoms with van der Waals surface area (Å²) in [7, 11) is 0. The monoisotopic (exact) mass is 784 g/mol. The molecule has 1 aliphatic carbocycles. The van der Waals surface area contributed by atoms with Crippen molar-refractivity contribution in [3.8, 4) is 11.5 Å². The van der Waals surface area contributed by atoms with Crippen molar-refractivity contribution in [1.82, 2.24) is 20.9 Å². The summed E-state index contributed by atoms with van der Waals surface area (Å²) < 4.78 is 6.21. The third-order valence-corrected chi connectivity index (χ3v) is 9.83. The van der Waals surface area contributed by atoms with Gasteiger partial charge in [-0.25, -0.2) is 4.79 Å². The number of phenolic OH excluding ortho intramolecular Hbond substituents is 1. The number of amides is 2. The maximum Gasteiger partial charge on any atom is 0.345 e. The number of benzene rings is 4. The van der Waals surface area contributed by atoms with Crippen LogP contribution in [0.2, 0.25) is 0 Å². The summed E-state index contributed by atoms with van der Waals surface area (Å²) >= 11 is 3.49. The fourth-order valence-corrected chi connectivity index (χ4v) is 6.91. The Morgan fingerprint density at radius 3 is 2.38 bits per heavy atom. The highest BCUT2D eigenvalue weighted by Crippen LogP contribution is 2.32. The maximum absolute atomic E-state index is 13.0. The Morgan fingerprint density at radius 1 is 0.906 bits per heavy atom. The average molecular weight is 786 g/mol. The topological polar surface area (TPSA) is 210 Å². The Kier molecular flexibility index (Phi) is 11.2. The Bertz CT molecular complexity index is 2210. The molecular weight excluding hydrogens is 748 g/mol. The molecule has 1 aliphatic rings. The largest absolute Gasteiger partial charge is 0.506 e. The van der Waals surface area contributed by atoms with Crippen molar-refractivity contribution < 1.29 is 39.5 Å². The third-order valence-electron chi connectivity index (χ3n) is 9.17. The van der Waals surface area contributed by atoms with E-state index < -0.39 is 17.7 Å². The van der Waals surface area contributed by atoms with Crippen molar-refractivity contribution in [2.24, 2.45) is 0 Å². The van der Waals surface area contributed by atoms with Crippen LogP contribution >= 0.6 is 15.9 Å². The number of H-pyrrole nitrogens is 1. The number of aliphatic carboxylic acids is 1. The zero-order valence-electron chi connectivity index (χ0n) is 28.2. The van der Waals surface area contributed by atoms with Crippen LogP contribution in [0.1, 0.15) is 51.6 Å². The number of nitrogens with one attached hydrogen (secondary N) is 4. The first kappa shape index (κ1) is 37.2. The van der Waals surface area contributed by atoms with Gasteiger partial charge in [0.15, 0.2) is 6.61 Å². The standard InChI is InChI=1S/C39H37BrN4O9/c40-31-15-22(19-41-20-33(46)28-11-13-32(45)36-29(28)12-14-34(47)44-36)9-10-30(31)37(49)43-26-17-25(18-26)42-35(48)21-53-27-8-4-7-24(16-27)39(52,38(50)51)23-5-2-1-3-6-23/h1-16,25-26,33,41,45-46,52H,17-21H2,(H,42,48)(H,43,49)(H,44,47)(H,50,51)/t25?,26?,33-,39-/m0/s1. The molecule has 1 saturated carbocycles. The summed E-state index contributed by atoms with van der Waals surface area (Å²) in [5, 5.41) is 51.5. The van der Waals surface area contributed by atoms with Gasteiger partial charge in [-0.15, -0.1) is 0 Å². The van der Waals surface area contributed by atoms with E-state index in [1.54, 1.807) is 48.5 Å². The van der Waals surface area contributed by atoms with Gasteiger partial charge in [0.25, 0.3) is 11.8 Å². The third kappa shape index (κ3) is 8.42. The van der Waals surface area contributed by atoms with E-state index in [4.69, 9.17) is 4.74 Å². The second kappa shape index (κ2) is 16.0. The first-order valence-electron chi connectivity index (χ1n) is 16.8. The first-order valence-corrected chi connectivity index (χ1v) is 17.6. The van der Waals surface area contributed by atoms with Gasteiger partial charge < -0.3 is 46.1 Å². The quantitative estimate of drug-likeness (QED) is 0.0821. The highest BCUT2D eigenvalue weighted by atomic mass is 79.9. The number of carboxylic acids is 1. The number of carbonyl (C=O) groups is 3.